The van der Waals surface area contributed by atoms with Crippen LogP contribution in [0.5, 0.6) is 5.75 Å². The van der Waals surface area contributed by atoms with Gasteiger partial charge in [0, 0.05) is 4.88 Å². The Kier molecular flexibility index (Phi) is 5.48. The molecule has 6 nitrogen and oxygen atoms in total. The van der Waals surface area contributed by atoms with Gasteiger partial charge < -0.3 is 20.7 Å². The molecule has 4 rings (SSSR count). The Balaban J connectivity index is 1.54. The van der Waals surface area contributed by atoms with Gasteiger partial charge in [-0.1, -0.05) is 48.5 Å². The van der Waals surface area contributed by atoms with E-state index in [0.29, 0.717) is 5.75 Å². The summed E-state index contributed by atoms with van der Waals surface area (Å²) in [5.74, 6) is -0.147. The number of fused-ring (bicyclic) bond motifs is 1. The molecule has 2 aromatic carbocycles. The highest BCUT2D eigenvalue weighted by Crippen LogP contribution is 2.33. The third-order valence-corrected chi connectivity index (χ3v) is 5.72. The van der Waals surface area contributed by atoms with Crippen molar-refractivity contribution in [2.75, 3.05) is 18.0 Å². The van der Waals surface area contributed by atoms with E-state index in [1.807, 2.05) is 70.9 Å². The fraction of sp³-hybridized carbons (Fsp3) is 0.182. The van der Waals surface area contributed by atoms with Crippen molar-refractivity contribution in [1.29, 1.82) is 0 Å². The zero-order valence-corrected chi connectivity index (χ0v) is 16.5. The average molecular weight is 407 g/mol. The Labute approximate surface area is 172 Å². The Morgan fingerprint density at radius 2 is 1.86 bits per heavy atom. The van der Waals surface area contributed by atoms with E-state index in [1.54, 1.807) is 17.4 Å². The smallest absolute Gasteiger partial charge is 0.260 e. The van der Waals surface area contributed by atoms with Crippen molar-refractivity contribution in [3.63, 3.8) is 0 Å². The Bertz CT molecular complexity index is 992. The second-order valence-electron chi connectivity index (χ2n) is 6.78. The molecule has 2 atom stereocenters. The van der Waals surface area contributed by atoms with Gasteiger partial charge in [-0.25, -0.2) is 0 Å². The predicted octanol–water partition coefficient (Wildman–Crippen LogP) is 2.71. The number of thiophene rings is 1. The molecule has 0 bridgehead atoms. The summed E-state index contributed by atoms with van der Waals surface area (Å²) in [7, 11) is 0. The van der Waals surface area contributed by atoms with Crippen molar-refractivity contribution < 1.29 is 14.3 Å². The number of para-hydroxylation sites is 2. The number of primary amides is 1. The first kappa shape index (κ1) is 19.0. The lowest BCUT2D eigenvalue weighted by Crippen LogP contribution is -2.50. The van der Waals surface area contributed by atoms with E-state index < -0.39 is 12.0 Å². The number of hydrogen-bond donors (Lipinski definition) is 2. The topological polar surface area (TPSA) is 84.7 Å². The molecule has 0 aliphatic carbocycles. The summed E-state index contributed by atoms with van der Waals surface area (Å²) in [5.41, 5.74) is 7.23. The molecule has 1 aliphatic heterocycles. The summed E-state index contributed by atoms with van der Waals surface area (Å²) >= 11 is 1.60. The average Bonchev–Trinajstić information content (AvgIpc) is 3.27. The van der Waals surface area contributed by atoms with Gasteiger partial charge in [0.15, 0.2) is 6.10 Å². The van der Waals surface area contributed by atoms with Crippen molar-refractivity contribution in [3.8, 4) is 5.75 Å². The molecule has 29 heavy (non-hydrogen) atoms. The van der Waals surface area contributed by atoms with Gasteiger partial charge in [-0.15, -0.1) is 11.3 Å². The molecule has 2 heterocycles. The van der Waals surface area contributed by atoms with Crippen LogP contribution in [0.25, 0.3) is 0 Å². The quantitative estimate of drug-likeness (QED) is 0.658. The molecular formula is C22H21N3O3S. The third-order valence-electron chi connectivity index (χ3n) is 4.78. The van der Waals surface area contributed by atoms with Crippen LogP contribution in [-0.2, 0) is 9.59 Å². The van der Waals surface area contributed by atoms with Gasteiger partial charge in [0.1, 0.15) is 5.75 Å². The van der Waals surface area contributed by atoms with Crippen LogP contribution in [0.1, 0.15) is 16.5 Å². The number of amides is 2. The number of anilines is 1. The van der Waals surface area contributed by atoms with Gasteiger partial charge in [0.2, 0.25) is 5.91 Å². The minimum atomic E-state index is -0.792. The van der Waals surface area contributed by atoms with Crippen LogP contribution in [-0.4, -0.2) is 31.0 Å². The highest BCUT2D eigenvalue weighted by molar-refractivity contribution is 7.10. The van der Waals surface area contributed by atoms with Crippen molar-refractivity contribution >= 4 is 28.8 Å². The maximum Gasteiger partial charge on any atom is 0.260 e. The normalized spacial score (nSPS) is 16.4. The van der Waals surface area contributed by atoms with Crippen LogP contribution in [0.4, 0.5) is 5.69 Å². The van der Waals surface area contributed by atoms with Gasteiger partial charge in [-0.05, 0) is 29.1 Å². The first-order valence-electron chi connectivity index (χ1n) is 9.29. The number of hydrogen-bond acceptors (Lipinski definition) is 5. The van der Waals surface area contributed by atoms with Crippen LogP contribution >= 0.6 is 11.3 Å². The van der Waals surface area contributed by atoms with Gasteiger partial charge in [-0.2, -0.15) is 0 Å². The van der Waals surface area contributed by atoms with Gasteiger partial charge in [0.05, 0.1) is 24.8 Å². The van der Waals surface area contributed by atoms with Gasteiger partial charge in [0.25, 0.3) is 5.91 Å². The molecule has 0 unspecified atom stereocenters. The summed E-state index contributed by atoms with van der Waals surface area (Å²) in [4.78, 5) is 27.5. The van der Waals surface area contributed by atoms with Crippen molar-refractivity contribution in [1.82, 2.24) is 5.32 Å². The van der Waals surface area contributed by atoms with E-state index in [0.717, 1.165) is 16.1 Å². The summed E-state index contributed by atoms with van der Waals surface area (Å²) in [6.07, 6.45) is -0.792. The molecule has 0 radical (unpaired) electrons. The largest absolute Gasteiger partial charge is 0.477 e. The zero-order valence-electron chi connectivity index (χ0n) is 15.7. The SMILES string of the molecule is NC(=O)[C@@H]1CN(CC(=O)N[C@@H](c2ccccc2)c2cccs2)c2ccccc2O1. The third kappa shape index (κ3) is 4.25. The molecular weight excluding hydrogens is 386 g/mol. The monoisotopic (exact) mass is 407 g/mol. The number of benzene rings is 2. The molecule has 0 saturated carbocycles. The Morgan fingerprint density at radius 1 is 1.10 bits per heavy atom. The van der Waals surface area contributed by atoms with Crippen molar-refractivity contribution in [2.45, 2.75) is 12.1 Å². The first-order chi connectivity index (χ1) is 14.1. The van der Waals surface area contributed by atoms with Crippen LogP contribution in [0.3, 0.4) is 0 Å². The zero-order chi connectivity index (χ0) is 20.2. The summed E-state index contributed by atoms with van der Waals surface area (Å²) in [6.45, 7) is 0.327. The number of nitrogens with one attached hydrogen (secondary N) is 1. The van der Waals surface area contributed by atoms with E-state index in [9.17, 15) is 9.59 Å². The molecule has 7 heteroatoms. The maximum absolute atomic E-state index is 13.0. The van der Waals surface area contributed by atoms with E-state index in [1.165, 1.54) is 0 Å². The van der Waals surface area contributed by atoms with E-state index in [2.05, 4.69) is 5.32 Å². The molecule has 3 N–H and O–H groups in total. The lowest BCUT2D eigenvalue weighted by molar-refractivity contribution is -0.125. The van der Waals surface area contributed by atoms with Crippen LogP contribution in [0, 0.1) is 0 Å². The Hall–Kier alpha value is -3.32. The van der Waals surface area contributed by atoms with E-state index in [4.69, 9.17) is 10.5 Å². The fourth-order valence-electron chi connectivity index (χ4n) is 3.40. The summed E-state index contributed by atoms with van der Waals surface area (Å²) in [6, 6.07) is 20.9. The van der Waals surface area contributed by atoms with Crippen LogP contribution in [0.2, 0.25) is 0 Å². The molecule has 0 saturated heterocycles. The van der Waals surface area contributed by atoms with Gasteiger partial charge >= 0.3 is 0 Å². The molecule has 0 fully saturated rings. The molecule has 148 valence electrons. The van der Waals surface area contributed by atoms with Crippen molar-refractivity contribution in [2.24, 2.45) is 5.73 Å². The standard InChI is InChI=1S/C22H21N3O3S/c23-22(27)18-13-25(16-9-4-5-10-17(16)28-18)14-20(26)24-21(19-11-6-12-29-19)15-7-2-1-3-8-15/h1-12,18,21H,13-14H2,(H2,23,27)(H,24,26)/t18-,21-/m0/s1. The lowest BCUT2D eigenvalue weighted by atomic mass is 10.1. The summed E-state index contributed by atoms with van der Waals surface area (Å²) < 4.78 is 5.67. The lowest BCUT2D eigenvalue weighted by Gasteiger charge is -2.34. The maximum atomic E-state index is 13.0. The number of carbonyl (C=O) groups excluding carboxylic acids is 2. The Morgan fingerprint density at radius 3 is 2.59 bits per heavy atom. The first-order valence-corrected chi connectivity index (χ1v) is 10.2. The number of nitrogens with zero attached hydrogens (tertiary/aromatic N) is 1. The molecule has 1 aliphatic rings. The van der Waals surface area contributed by atoms with E-state index >= 15 is 0 Å². The minimum absolute atomic E-state index is 0.0961. The molecule has 3 aromatic rings. The number of nitrogens with two attached hydrogens (primary N) is 1. The molecule has 0 spiro atoms. The number of ether oxygens (including phenoxy) is 1. The fourth-order valence-corrected chi connectivity index (χ4v) is 4.21. The van der Waals surface area contributed by atoms with Gasteiger partial charge in [-0.3, -0.25) is 9.59 Å². The highest BCUT2D eigenvalue weighted by atomic mass is 32.1. The predicted molar refractivity (Wildman–Crippen MR) is 113 cm³/mol. The highest BCUT2D eigenvalue weighted by Gasteiger charge is 2.30. The number of carbonyl (C=O) groups is 2. The second kappa shape index (κ2) is 8.36. The number of rotatable bonds is 6. The van der Waals surface area contributed by atoms with E-state index in [-0.39, 0.29) is 25.0 Å². The molecule has 2 amide bonds. The summed E-state index contributed by atoms with van der Waals surface area (Å²) in [5, 5.41) is 5.12. The van der Waals surface area contributed by atoms with Crippen molar-refractivity contribution in [3.05, 3.63) is 82.6 Å². The van der Waals surface area contributed by atoms with Crippen LogP contribution < -0.4 is 20.7 Å². The minimum Gasteiger partial charge on any atom is -0.477 e. The van der Waals surface area contributed by atoms with Crippen LogP contribution in [0.15, 0.2) is 72.1 Å². The molecule has 1 aromatic heterocycles. The second-order valence-corrected chi connectivity index (χ2v) is 7.76.